The van der Waals surface area contributed by atoms with Crippen LogP contribution in [-0.2, 0) is 6.18 Å². The van der Waals surface area contributed by atoms with Crippen LogP contribution < -0.4 is 4.90 Å². The highest BCUT2D eigenvalue weighted by Gasteiger charge is 2.45. The van der Waals surface area contributed by atoms with E-state index >= 15 is 0 Å². The number of piperidine rings is 1. The molecule has 1 amide bonds. The highest BCUT2D eigenvalue weighted by molar-refractivity contribution is 5.98. The molecule has 0 N–H and O–H groups in total. The van der Waals surface area contributed by atoms with Crippen molar-refractivity contribution in [1.82, 2.24) is 24.9 Å². The molecule has 32 heavy (non-hydrogen) atoms. The lowest BCUT2D eigenvalue weighted by Gasteiger charge is -2.54. The maximum absolute atomic E-state index is 14.5. The van der Waals surface area contributed by atoms with Gasteiger partial charge in [0.2, 0.25) is 0 Å². The summed E-state index contributed by atoms with van der Waals surface area (Å²) in [6, 6.07) is 6.02. The smallest absolute Gasteiger partial charge is 0.351 e. The quantitative estimate of drug-likeness (QED) is 0.579. The van der Waals surface area contributed by atoms with Crippen molar-refractivity contribution in [3.63, 3.8) is 0 Å². The first-order valence-electron chi connectivity index (χ1n) is 10.1. The van der Waals surface area contributed by atoms with E-state index < -0.39 is 17.6 Å². The molecule has 2 aliphatic rings. The van der Waals surface area contributed by atoms with Crippen LogP contribution in [0.1, 0.15) is 22.3 Å². The first kappa shape index (κ1) is 20.4. The molecule has 2 fully saturated rings. The number of carbonyl (C=O) groups is 1. The summed E-state index contributed by atoms with van der Waals surface area (Å²) in [7, 11) is 0. The van der Waals surface area contributed by atoms with Gasteiger partial charge < -0.3 is 9.80 Å². The predicted octanol–water partition coefficient (Wildman–Crippen LogP) is 3.17. The van der Waals surface area contributed by atoms with E-state index in [1.807, 2.05) is 0 Å². The van der Waals surface area contributed by atoms with Gasteiger partial charge in [-0.3, -0.25) is 4.79 Å². The average molecular weight is 446 g/mol. The number of halogens is 4. The standard InChI is InChI=1S/C21H18F4N6O/c22-16-3-1-2-15(19(16)31-27-7-8-28-31)20(32)29-9-5-13-11-30(17(13)12-29)18-10-14(4-6-26-18)21(23,24)25/h1-4,6-8,10,13,17H,5,9,11-12H2/t13-,17-/m0/s1. The number of benzene rings is 1. The molecule has 0 bridgehead atoms. The van der Waals surface area contributed by atoms with Gasteiger partial charge in [0, 0.05) is 31.7 Å². The monoisotopic (exact) mass is 446 g/mol. The maximum Gasteiger partial charge on any atom is 0.416 e. The molecule has 5 rings (SSSR count). The summed E-state index contributed by atoms with van der Waals surface area (Å²) in [6.45, 7) is 1.37. The molecule has 2 atom stereocenters. The second kappa shape index (κ2) is 7.57. The van der Waals surface area contributed by atoms with E-state index in [1.54, 1.807) is 9.80 Å². The van der Waals surface area contributed by atoms with Crippen LogP contribution in [0, 0.1) is 11.7 Å². The van der Waals surface area contributed by atoms with Gasteiger partial charge in [0.25, 0.3) is 5.91 Å². The van der Waals surface area contributed by atoms with E-state index in [2.05, 4.69) is 15.2 Å². The molecule has 0 spiro atoms. The van der Waals surface area contributed by atoms with Crippen LogP contribution in [0.25, 0.3) is 5.69 Å². The number of anilines is 1. The van der Waals surface area contributed by atoms with Crippen LogP contribution in [0.5, 0.6) is 0 Å². The van der Waals surface area contributed by atoms with Crippen LogP contribution in [0.3, 0.4) is 0 Å². The zero-order valence-electron chi connectivity index (χ0n) is 16.7. The van der Waals surface area contributed by atoms with Crippen LogP contribution in [-0.4, -0.2) is 56.5 Å². The number of likely N-dealkylation sites (tertiary alicyclic amines) is 1. The Kier molecular flexibility index (Phi) is 4.83. The number of rotatable bonds is 3. The van der Waals surface area contributed by atoms with E-state index in [4.69, 9.17) is 0 Å². The van der Waals surface area contributed by atoms with Crippen LogP contribution in [0.4, 0.5) is 23.4 Å². The van der Waals surface area contributed by atoms with E-state index in [9.17, 15) is 22.4 Å². The molecule has 4 heterocycles. The van der Waals surface area contributed by atoms with Crippen LogP contribution in [0.15, 0.2) is 48.9 Å². The Labute approximate surface area is 180 Å². The topological polar surface area (TPSA) is 67.2 Å². The molecule has 3 aromatic rings. The van der Waals surface area contributed by atoms with Gasteiger partial charge in [-0.2, -0.15) is 23.4 Å². The number of nitrogens with zero attached hydrogens (tertiary/aromatic N) is 6. The molecule has 2 aliphatic heterocycles. The van der Waals surface area contributed by atoms with Crippen molar-refractivity contribution >= 4 is 11.7 Å². The Hall–Kier alpha value is -3.50. The Balaban J connectivity index is 1.38. The third-order valence-electron chi connectivity index (χ3n) is 6.04. The number of alkyl halides is 3. The second-order valence-electron chi connectivity index (χ2n) is 7.87. The van der Waals surface area contributed by atoms with Gasteiger partial charge in [-0.25, -0.2) is 9.37 Å². The van der Waals surface area contributed by atoms with E-state index in [0.717, 1.165) is 23.1 Å². The Morgan fingerprint density at radius 3 is 2.59 bits per heavy atom. The minimum atomic E-state index is -4.45. The molecular weight excluding hydrogens is 428 g/mol. The molecular formula is C21H18F4N6O. The van der Waals surface area contributed by atoms with Crippen molar-refractivity contribution in [2.24, 2.45) is 5.92 Å². The fraction of sp³-hybridized carbons (Fsp3) is 0.333. The number of hydrogen-bond acceptors (Lipinski definition) is 5. The molecule has 2 aromatic heterocycles. The second-order valence-corrected chi connectivity index (χ2v) is 7.87. The fourth-order valence-corrected chi connectivity index (χ4v) is 4.39. The van der Waals surface area contributed by atoms with E-state index in [-0.39, 0.29) is 34.9 Å². The molecule has 0 aliphatic carbocycles. The minimum absolute atomic E-state index is 0.0327. The van der Waals surface area contributed by atoms with Crippen LogP contribution in [0.2, 0.25) is 0 Å². The van der Waals surface area contributed by atoms with Gasteiger partial charge >= 0.3 is 6.18 Å². The number of pyridine rings is 1. The van der Waals surface area contributed by atoms with Gasteiger partial charge in [0.15, 0.2) is 5.82 Å². The summed E-state index contributed by atoms with van der Waals surface area (Å²) in [6.07, 6.45) is 0.176. The van der Waals surface area contributed by atoms with Gasteiger partial charge in [0.1, 0.15) is 11.5 Å². The third kappa shape index (κ3) is 3.47. The molecule has 166 valence electrons. The molecule has 0 saturated carbocycles. The first-order chi connectivity index (χ1) is 15.3. The van der Waals surface area contributed by atoms with Crippen molar-refractivity contribution in [2.75, 3.05) is 24.5 Å². The normalized spacial score (nSPS) is 20.6. The van der Waals surface area contributed by atoms with Gasteiger partial charge in [-0.15, -0.1) is 4.80 Å². The average Bonchev–Trinajstić information content (AvgIpc) is 3.28. The van der Waals surface area contributed by atoms with Gasteiger partial charge in [-0.05, 0) is 30.7 Å². The fourth-order valence-electron chi connectivity index (χ4n) is 4.39. The zero-order valence-corrected chi connectivity index (χ0v) is 16.7. The van der Waals surface area contributed by atoms with Gasteiger partial charge in [0.05, 0.1) is 29.6 Å². The number of aromatic nitrogens is 4. The lowest BCUT2D eigenvalue weighted by molar-refractivity contribution is -0.137. The SMILES string of the molecule is O=C(c1cccc(F)c1-n1nccn1)N1CC[C@H]2CN(c3cc(C(F)(F)F)ccn3)[C@H]2C1. The Morgan fingerprint density at radius 2 is 1.84 bits per heavy atom. The summed E-state index contributed by atoms with van der Waals surface area (Å²) in [5.41, 5.74) is -0.664. The third-order valence-corrected chi connectivity index (χ3v) is 6.04. The zero-order chi connectivity index (χ0) is 22.5. The highest BCUT2D eigenvalue weighted by Crippen LogP contribution is 2.38. The molecule has 0 radical (unpaired) electrons. The number of fused-ring (bicyclic) bond motifs is 1. The summed E-state index contributed by atoms with van der Waals surface area (Å²) in [4.78, 5) is 21.8. The Morgan fingerprint density at radius 1 is 1.06 bits per heavy atom. The number of carbonyl (C=O) groups excluding carboxylic acids is 1. The lowest BCUT2D eigenvalue weighted by atomic mass is 9.82. The first-order valence-corrected chi connectivity index (χ1v) is 10.1. The summed E-state index contributed by atoms with van der Waals surface area (Å²) >= 11 is 0. The lowest BCUT2D eigenvalue weighted by Crippen LogP contribution is -2.65. The van der Waals surface area contributed by atoms with Crippen LogP contribution >= 0.6 is 0 Å². The summed E-state index contributed by atoms with van der Waals surface area (Å²) in [5, 5.41) is 7.88. The summed E-state index contributed by atoms with van der Waals surface area (Å²) in [5.74, 6) is -0.503. The highest BCUT2D eigenvalue weighted by atomic mass is 19.4. The number of amides is 1. The van der Waals surface area contributed by atoms with E-state index in [1.165, 1.54) is 30.6 Å². The van der Waals surface area contributed by atoms with Gasteiger partial charge in [-0.1, -0.05) is 6.07 Å². The van der Waals surface area contributed by atoms with Crippen molar-refractivity contribution < 1.29 is 22.4 Å². The summed E-state index contributed by atoms with van der Waals surface area (Å²) < 4.78 is 53.8. The largest absolute Gasteiger partial charge is 0.416 e. The number of para-hydroxylation sites is 1. The Bertz CT molecular complexity index is 1150. The minimum Gasteiger partial charge on any atom is -0.351 e. The van der Waals surface area contributed by atoms with Crippen molar-refractivity contribution in [3.8, 4) is 5.69 Å². The van der Waals surface area contributed by atoms with E-state index in [0.29, 0.717) is 26.1 Å². The van der Waals surface area contributed by atoms with Crippen molar-refractivity contribution in [2.45, 2.75) is 18.6 Å². The molecule has 7 nitrogen and oxygen atoms in total. The molecule has 11 heteroatoms. The van der Waals surface area contributed by atoms with Crippen molar-refractivity contribution in [1.29, 1.82) is 0 Å². The molecule has 1 aromatic carbocycles. The van der Waals surface area contributed by atoms with Crippen molar-refractivity contribution in [3.05, 3.63) is 65.9 Å². The molecule has 2 saturated heterocycles. The maximum atomic E-state index is 14.5. The predicted molar refractivity (Wildman–Crippen MR) is 106 cm³/mol. The number of hydrogen-bond donors (Lipinski definition) is 0. The molecule has 0 unspecified atom stereocenters.